The Labute approximate surface area is 57.4 Å². The quantitative estimate of drug-likeness (QED) is 0.394. The molecule has 0 atom stereocenters. The first kappa shape index (κ1) is 6.60. The molecule has 0 aromatic carbocycles. The molecular weight excluding hydrogens is 134 g/mol. The van der Waals surface area contributed by atoms with Crippen molar-refractivity contribution >= 4 is 0 Å². The van der Waals surface area contributed by atoms with Crippen LogP contribution in [0.1, 0.15) is 6.42 Å². The first-order valence-corrected chi connectivity index (χ1v) is 2.76. The molecule has 0 saturated carbocycles. The van der Waals surface area contributed by atoms with Gasteiger partial charge in [0.1, 0.15) is 0 Å². The molecule has 0 aromatic heterocycles. The summed E-state index contributed by atoms with van der Waals surface area (Å²) < 4.78 is 0. The molecule has 0 saturated heterocycles. The second-order valence-electron chi connectivity index (χ2n) is 1.87. The summed E-state index contributed by atoms with van der Waals surface area (Å²) in [6, 6.07) is 0. The van der Waals surface area contributed by atoms with Gasteiger partial charge >= 0.3 is 0 Å². The Morgan fingerprint density at radius 2 is 2.50 bits per heavy atom. The van der Waals surface area contributed by atoms with E-state index in [1.54, 1.807) is 12.3 Å². The van der Waals surface area contributed by atoms with Gasteiger partial charge in [0.15, 0.2) is 5.82 Å². The van der Waals surface area contributed by atoms with Crippen LogP contribution in [0.3, 0.4) is 0 Å². The van der Waals surface area contributed by atoms with Crippen LogP contribution in [-0.4, -0.2) is 4.92 Å². The van der Waals surface area contributed by atoms with E-state index >= 15 is 0 Å². The van der Waals surface area contributed by atoms with Crippen LogP contribution >= 0.6 is 0 Å². The molecule has 3 N–H and O–H groups in total. The van der Waals surface area contributed by atoms with Crippen molar-refractivity contribution in [1.29, 1.82) is 0 Å². The van der Waals surface area contributed by atoms with Crippen molar-refractivity contribution in [3.8, 4) is 0 Å². The largest absolute Gasteiger partial charge is 0.380 e. The maximum absolute atomic E-state index is 10.2. The highest BCUT2D eigenvalue weighted by atomic mass is 16.6. The number of rotatable bonds is 1. The van der Waals surface area contributed by atoms with E-state index in [4.69, 9.17) is 5.73 Å². The Morgan fingerprint density at radius 3 is 2.90 bits per heavy atom. The molecule has 5 nitrogen and oxygen atoms in total. The number of hydrogen-bond donors (Lipinski definition) is 2. The molecule has 1 heterocycles. The van der Waals surface area contributed by atoms with Gasteiger partial charge in [0, 0.05) is 0 Å². The smallest absolute Gasteiger partial charge is 0.289 e. The minimum Gasteiger partial charge on any atom is -0.380 e. The Morgan fingerprint density at radius 1 is 1.80 bits per heavy atom. The zero-order valence-electron chi connectivity index (χ0n) is 5.20. The molecule has 0 unspecified atom stereocenters. The fraction of sp³-hybridized carbons (Fsp3) is 0.200. The lowest BCUT2D eigenvalue weighted by Crippen LogP contribution is -2.22. The van der Waals surface area contributed by atoms with Gasteiger partial charge in [-0.05, 0) is 6.20 Å². The van der Waals surface area contributed by atoms with Crippen molar-refractivity contribution in [3.05, 3.63) is 33.9 Å². The first-order valence-electron chi connectivity index (χ1n) is 2.76. The minimum atomic E-state index is -0.480. The topological polar surface area (TPSA) is 81.2 Å². The third kappa shape index (κ3) is 1.07. The van der Waals surface area contributed by atoms with Crippen LogP contribution in [0, 0.1) is 10.1 Å². The van der Waals surface area contributed by atoms with Crippen LogP contribution in [0.25, 0.3) is 0 Å². The van der Waals surface area contributed by atoms with Gasteiger partial charge in [-0.25, -0.2) is 0 Å². The number of nitrogens with zero attached hydrogens (tertiary/aromatic N) is 1. The lowest BCUT2D eigenvalue weighted by Gasteiger charge is -2.05. The summed E-state index contributed by atoms with van der Waals surface area (Å²) in [7, 11) is 0. The summed E-state index contributed by atoms with van der Waals surface area (Å²) >= 11 is 0. The van der Waals surface area contributed by atoms with Gasteiger partial charge in [-0.3, -0.25) is 10.1 Å². The number of hydrogen-bond acceptors (Lipinski definition) is 4. The van der Waals surface area contributed by atoms with Crippen LogP contribution in [0.2, 0.25) is 0 Å². The highest BCUT2D eigenvalue weighted by Crippen LogP contribution is 2.08. The van der Waals surface area contributed by atoms with Gasteiger partial charge in [-0.2, -0.15) is 0 Å². The Balaban J connectivity index is 2.81. The molecule has 1 aliphatic heterocycles. The van der Waals surface area contributed by atoms with Crippen LogP contribution in [0.4, 0.5) is 0 Å². The summed E-state index contributed by atoms with van der Waals surface area (Å²) in [5.41, 5.74) is 5.29. The average molecular weight is 141 g/mol. The summed E-state index contributed by atoms with van der Waals surface area (Å²) in [5.74, 6) is 0.132. The van der Waals surface area contributed by atoms with Crippen molar-refractivity contribution in [3.63, 3.8) is 0 Å². The van der Waals surface area contributed by atoms with Crippen molar-refractivity contribution in [2.75, 3.05) is 0 Å². The monoisotopic (exact) mass is 141 g/mol. The molecule has 1 rings (SSSR count). The molecule has 0 aromatic rings. The van der Waals surface area contributed by atoms with Crippen molar-refractivity contribution in [2.45, 2.75) is 6.42 Å². The normalized spacial score (nSPS) is 16.8. The SMILES string of the molecule is NC1=C([N+](=O)[O-])CC=CN1. The zero-order chi connectivity index (χ0) is 7.56. The Kier molecular flexibility index (Phi) is 1.57. The van der Waals surface area contributed by atoms with Crippen LogP contribution in [-0.2, 0) is 0 Å². The van der Waals surface area contributed by atoms with E-state index in [1.807, 2.05) is 0 Å². The zero-order valence-corrected chi connectivity index (χ0v) is 5.20. The number of nitrogens with two attached hydrogens (primary N) is 1. The third-order valence-corrected chi connectivity index (χ3v) is 1.20. The second kappa shape index (κ2) is 2.38. The molecule has 0 fully saturated rings. The highest BCUT2D eigenvalue weighted by Gasteiger charge is 2.16. The molecular formula is C5H7N3O2. The van der Waals surface area contributed by atoms with E-state index in [1.165, 1.54) is 0 Å². The van der Waals surface area contributed by atoms with Crippen LogP contribution in [0.15, 0.2) is 23.8 Å². The van der Waals surface area contributed by atoms with Gasteiger partial charge in [-0.1, -0.05) is 6.08 Å². The fourth-order valence-corrected chi connectivity index (χ4v) is 0.685. The minimum absolute atomic E-state index is 0.0301. The average Bonchev–Trinajstić information content (AvgIpc) is 1.88. The summed E-state index contributed by atoms with van der Waals surface area (Å²) in [5, 5.41) is 12.7. The third-order valence-electron chi connectivity index (χ3n) is 1.20. The Hall–Kier alpha value is -1.52. The Bertz CT molecular complexity index is 219. The molecule has 0 aliphatic carbocycles. The standard InChI is InChI=1S/C5H7N3O2/c6-5-4(8(9)10)2-1-3-7-5/h1,3,7H,2,6H2. The van der Waals surface area contributed by atoms with Gasteiger partial charge in [-0.15, -0.1) is 0 Å². The number of nitro groups is 1. The van der Waals surface area contributed by atoms with Crippen LogP contribution in [0.5, 0.6) is 0 Å². The summed E-state index contributed by atoms with van der Waals surface area (Å²) in [4.78, 5) is 9.68. The van der Waals surface area contributed by atoms with Crippen molar-refractivity contribution in [1.82, 2.24) is 5.32 Å². The van der Waals surface area contributed by atoms with Gasteiger partial charge in [0.2, 0.25) is 0 Å². The molecule has 1 aliphatic rings. The molecule has 5 heteroatoms. The lowest BCUT2D eigenvalue weighted by atomic mass is 10.2. The molecule has 0 amide bonds. The van der Waals surface area contributed by atoms with E-state index in [0.29, 0.717) is 6.42 Å². The number of nitrogens with one attached hydrogen (secondary N) is 1. The fourth-order valence-electron chi connectivity index (χ4n) is 0.685. The van der Waals surface area contributed by atoms with Crippen LogP contribution < -0.4 is 11.1 Å². The summed E-state index contributed by atoms with van der Waals surface area (Å²) in [6.45, 7) is 0. The molecule has 0 radical (unpaired) electrons. The second-order valence-corrected chi connectivity index (χ2v) is 1.87. The predicted molar refractivity (Wildman–Crippen MR) is 35.1 cm³/mol. The van der Waals surface area contributed by atoms with Crippen molar-refractivity contribution < 1.29 is 4.92 Å². The molecule has 0 bridgehead atoms. The van der Waals surface area contributed by atoms with E-state index in [2.05, 4.69) is 5.32 Å². The highest BCUT2D eigenvalue weighted by molar-refractivity contribution is 5.13. The maximum Gasteiger partial charge on any atom is 0.289 e. The number of dihydropyridines is 1. The molecule has 0 spiro atoms. The van der Waals surface area contributed by atoms with Gasteiger partial charge in [0.25, 0.3) is 5.70 Å². The molecule has 10 heavy (non-hydrogen) atoms. The van der Waals surface area contributed by atoms with Crippen molar-refractivity contribution in [2.24, 2.45) is 5.73 Å². The first-order chi connectivity index (χ1) is 4.72. The van der Waals surface area contributed by atoms with E-state index < -0.39 is 4.92 Å². The maximum atomic E-state index is 10.2. The van der Waals surface area contributed by atoms with Gasteiger partial charge in [0.05, 0.1) is 11.3 Å². The predicted octanol–water partition coefficient (Wildman–Crippen LogP) is -0.102. The van der Waals surface area contributed by atoms with Gasteiger partial charge < -0.3 is 11.1 Å². The van der Waals surface area contributed by atoms with E-state index in [9.17, 15) is 10.1 Å². The molecule has 54 valence electrons. The van der Waals surface area contributed by atoms with E-state index in [0.717, 1.165) is 0 Å². The lowest BCUT2D eigenvalue weighted by molar-refractivity contribution is -0.428. The summed E-state index contributed by atoms with van der Waals surface area (Å²) in [6.07, 6.45) is 3.53. The van der Waals surface area contributed by atoms with E-state index in [-0.39, 0.29) is 11.5 Å². The number of allylic oxidation sites excluding steroid dienone is 1.